The number of benzene rings is 3. The first-order valence-corrected chi connectivity index (χ1v) is 9.92. The van der Waals surface area contributed by atoms with E-state index in [-0.39, 0.29) is 16.8 Å². The number of nitrogens with zero attached hydrogens (tertiary/aromatic N) is 7. The van der Waals surface area contributed by atoms with E-state index in [1.54, 1.807) is 12.1 Å². The molecule has 0 aliphatic heterocycles. The normalized spacial score (nSPS) is 12.3. The molecule has 0 atom stereocenters. The molecule has 0 saturated carbocycles. The monoisotopic (exact) mass is 431 g/mol. The van der Waals surface area contributed by atoms with Crippen LogP contribution in [-0.4, -0.2) is 9.97 Å². The Morgan fingerprint density at radius 2 is 1.35 bits per heavy atom. The molecule has 0 spiro atoms. The molecule has 1 aliphatic rings. The van der Waals surface area contributed by atoms with Crippen LogP contribution < -0.4 is 0 Å². The third kappa shape index (κ3) is 2.94. The molecule has 4 aromatic rings. The van der Waals surface area contributed by atoms with E-state index in [2.05, 4.69) is 14.7 Å². The van der Waals surface area contributed by atoms with Gasteiger partial charge in [0.1, 0.15) is 12.1 Å². The van der Waals surface area contributed by atoms with Gasteiger partial charge in [-0.15, -0.1) is 0 Å². The minimum Gasteiger partial charge on any atom is -0.245 e. The predicted molar refractivity (Wildman–Crippen MR) is 124 cm³/mol. The second-order valence-corrected chi connectivity index (χ2v) is 7.40. The maximum absolute atomic E-state index is 9.67. The molecule has 0 bridgehead atoms. The van der Waals surface area contributed by atoms with E-state index in [1.165, 1.54) is 12.1 Å². The van der Waals surface area contributed by atoms with Crippen molar-refractivity contribution in [3.05, 3.63) is 106 Å². The number of allylic oxidation sites excluding steroid dienone is 1. The Balaban J connectivity index is 1.80. The smallest absolute Gasteiger partial charge is 0.245 e. The number of hydrogen-bond donors (Lipinski definition) is 0. The maximum Gasteiger partial charge on any atom is 0.271 e. The van der Waals surface area contributed by atoms with Gasteiger partial charge in [-0.25, -0.2) is 24.9 Å². The molecular formula is C27H9N7. The van der Waals surface area contributed by atoms with Crippen LogP contribution in [0.15, 0.2) is 60.3 Å². The van der Waals surface area contributed by atoms with E-state index in [0.717, 1.165) is 16.7 Å². The van der Waals surface area contributed by atoms with E-state index < -0.39 is 0 Å². The summed E-state index contributed by atoms with van der Waals surface area (Å²) in [4.78, 5) is 16.2. The third-order valence-corrected chi connectivity index (χ3v) is 5.61. The van der Waals surface area contributed by atoms with E-state index >= 15 is 0 Å². The molecule has 1 aromatic heterocycles. The summed E-state index contributed by atoms with van der Waals surface area (Å²) in [5.41, 5.74) is 6.07. The molecule has 1 heterocycles. The fourth-order valence-electron chi connectivity index (χ4n) is 4.02. The molecule has 7 heteroatoms. The van der Waals surface area contributed by atoms with Crippen molar-refractivity contribution in [1.82, 2.24) is 9.97 Å². The molecule has 0 N–H and O–H groups in total. The Bertz CT molecular complexity index is 1780. The van der Waals surface area contributed by atoms with E-state index in [4.69, 9.17) is 18.1 Å². The SMILES string of the molecule is [C-]#[N+]/C(C#N)=C1\c2cc(-c3ccc([N+]#[C-])cc3)ccc2-c2nc3cc(C#N)c(C#N)cc3nc21. The minimum absolute atomic E-state index is 0.108. The van der Waals surface area contributed by atoms with Gasteiger partial charge in [0.2, 0.25) is 0 Å². The van der Waals surface area contributed by atoms with Gasteiger partial charge >= 0.3 is 0 Å². The van der Waals surface area contributed by atoms with Gasteiger partial charge in [-0.1, -0.05) is 36.4 Å². The van der Waals surface area contributed by atoms with Gasteiger partial charge < -0.3 is 0 Å². The molecule has 0 amide bonds. The first-order chi connectivity index (χ1) is 16.6. The molecule has 1 aliphatic carbocycles. The molecule has 5 rings (SSSR count). The number of aromatic nitrogens is 2. The van der Waals surface area contributed by atoms with Gasteiger partial charge in [-0.3, -0.25) is 0 Å². The zero-order valence-corrected chi connectivity index (χ0v) is 17.3. The second kappa shape index (κ2) is 7.71. The molecule has 7 nitrogen and oxygen atoms in total. The topological polar surface area (TPSA) is 106 Å². The van der Waals surface area contributed by atoms with E-state index in [9.17, 15) is 15.8 Å². The standard InChI is InChI=1S/C27H9N7/c1-31-19-6-3-15(4-7-19)16-5-8-20-21(9-16)25(24(14-30)32-2)27-26(20)33-22-10-17(12-28)18(13-29)11-23(22)34-27/h3-11H/b25-24+. The van der Waals surface area contributed by atoms with Crippen LogP contribution in [-0.2, 0) is 0 Å². The summed E-state index contributed by atoms with van der Waals surface area (Å²) in [7, 11) is 0. The Hall–Kier alpha value is -5.81. The number of hydrogen-bond acceptors (Lipinski definition) is 5. The summed E-state index contributed by atoms with van der Waals surface area (Å²) in [6, 6.07) is 21.8. The van der Waals surface area contributed by atoms with Crippen LogP contribution in [0.3, 0.4) is 0 Å². The number of fused-ring (bicyclic) bond motifs is 4. The lowest BCUT2D eigenvalue weighted by Crippen LogP contribution is -1.96. The van der Waals surface area contributed by atoms with Crippen molar-refractivity contribution in [1.29, 1.82) is 15.8 Å². The van der Waals surface area contributed by atoms with Gasteiger partial charge in [-0.05, 0) is 34.9 Å². The summed E-state index contributed by atoms with van der Waals surface area (Å²) in [6.45, 7) is 14.7. The quantitative estimate of drug-likeness (QED) is 0.247. The van der Waals surface area contributed by atoms with Gasteiger partial charge in [-0.2, -0.15) is 10.5 Å². The van der Waals surface area contributed by atoms with Crippen molar-refractivity contribution in [3.8, 4) is 40.6 Å². The molecule has 3 aromatic carbocycles. The molecule has 0 fully saturated rings. The van der Waals surface area contributed by atoms with Gasteiger partial charge in [0.25, 0.3) is 5.70 Å². The second-order valence-electron chi connectivity index (χ2n) is 7.40. The van der Waals surface area contributed by atoms with Crippen LogP contribution in [0.4, 0.5) is 5.69 Å². The Morgan fingerprint density at radius 1 is 0.735 bits per heavy atom. The van der Waals surface area contributed by atoms with Gasteiger partial charge in [0.15, 0.2) is 5.69 Å². The highest BCUT2D eigenvalue weighted by molar-refractivity contribution is 6.03. The fourth-order valence-corrected chi connectivity index (χ4v) is 4.02. The molecular weight excluding hydrogens is 422 g/mol. The number of nitriles is 3. The number of rotatable bonds is 1. The summed E-state index contributed by atoms with van der Waals surface area (Å²) in [6.07, 6.45) is 0. The maximum atomic E-state index is 9.67. The fraction of sp³-hybridized carbons (Fsp3) is 0. The molecule has 152 valence electrons. The van der Waals surface area contributed by atoms with Crippen LogP contribution >= 0.6 is 0 Å². The van der Waals surface area contributed by atoms with Crippen molar-refractivity contribution in [2.75, 3.05) is 0 Å². The first kappa shape index (κ1) is 20.1. The summed E-state index contributed by atoms with van der Waals surface area (Å²) >= 11 is 0. The lowest BCUT2D eigenvalue weighted by molar-refractivity contribution is 1.27. The van der Waals surface area contributed by atoms with E-state index in [0.29, 0.717) is 39.2 Å². The Morgan fingerprint density at radius 3 is 1.91 bits per heavy atom. The third-order valence-electron chi connectivity index (χ3n) is 5.61. The van der Waals surface area contributed by atoms with Crippen LogP contribution in [0.1, 0.15) is 22.4 Å². The highest BCUT2D eigenvalue weighted by Gasteiger charge is 2.30. The minimum atomic E-state index is -0.108. The zero-order valence-electron chi connectivity index (χ0n) is 17.3. The average molecular weight is 431 g/mol. The first-order valence-electron chi connectivity index (χ1n) is 9.92. The van der Waals surface area contributed by atoms with Gasteiger partial charge in [0, 0.05) is 11.1 Å². The molecule has 0 unspecified atom stereocenters. The molecule has 34 heavy (non-hydrogen) atoms. The summed E-state index contributed by atoms with van der Waals surface area (Å²) < 4.78 is 0. The van der Waals surface area contributed by atoms with Crippen molar-refractivity contribution < 1.29 is 0 Å². The van der Waals surface area contributed by atoms with Crippen LogP contribution in [0.25, 0.3) is 48.7 Å². The van der Waals surface area contributed by atoms with Crippen molar-refractivity contribution in [2.45, 2.75) is 0 Å². The van der Waals surface area contributed by atoms with Crippen LogP contribution in [0.2, 0.25) is 0 Å². The van der Waals surface area contributed by atoms with Gasteiger partial charge in [0.05, 0.1) is 52.8 Å². The van der Waals surface area contributed by atoms with Crippen molar-refractivity contribution in [2.24, 2.45) is 0 Å². The highest BCUT2D eigenvalue weighted by atomic mass is 14.9. The van der Waals surface area contributed by atoms with Crippen molar-refractivity contribution >= 4 is 22.3 Å². The highest BCUT2D eigenvalue weighted by Crippen LogP contribution is 2.46. The lowest BCUT2D eigenvalue weighted by atomic mass is 9.97. The van der Waals surface area contributed by atoms with E-state index in [1.807, 2.05) is 48.5 Å². The largest absolute Gasteiger partial charge is 0.271 e. The Kier molecular flexibility index (Phi) is 4.56. The molecule has 0 radical (unpaired) electrons. The summed E-state index contributed by atoms with van der Waals surface area (Å²) in [5, 5.41) is 28.4. The zero-order chi connectivity index (χ0) is 23.8. The lowest BCUT2D eigenvalue weighted by Gasteiger charge is -2.07. The Labute approximate surface area is 194 Å². The molecule has 0 saturated heterocycles. The average Bonchev–Trinajstić information content (AvgIpc) is 3.19. The predicted octanol–water partition coefficient (Wildman–Crippen LogP) is 5.77. The summed E-state index contributed by atoms with van der Waals surface area (Å²) in [5.74, 6) is 0. The van der Waals surface area contributed by atoms with Crippen LogP contribution in [0, 0.1) is 47.1 Å². The van der Waals surface area contributed by atoms with Crippen LogP contribution in [0.5, 0.6) is 0 Å². The van der Waals surface area contributed by atoms with Crippen molar-refractivity contribution in [3.63, 3.8) is 0 Å².